The van der Waals surface area contributed by atoms with Crippen LogP contribution in [-0.4, -0.2) is 23.1 Å². The Balaban J connectivity index is 1.79. The van der Waals surface area contributed by atoms with Crippen molar-refractivity contribution in [1.82, 2.24) is 10.3 Å². The van der Waals surface area contributed by atoms with Crippen LogP contribution in [0.2, 0.25) is 0 Å². The Labute approximate surface area is 124 Å². The van der Waals surface area contributed by atoms with Crippen molar-refractivity contribution in [2.24, 2.45) is 5.92 Å². The fourth-order valence-electron chi connectivity index (χ4n) is 2.69. The van der Waals surface area contributed by atoms with Crippen LogP contribution in [0.25, 0.3) is 0 Å². The number of aromatic nitrogens is 1. The third-order valence-corrected chi connectivity index (χ3v) is 4.47. The number of thiazole rings is 1. The first kappa shape index (κ1) is 15.4. The minimum absolute atomic E-state index is 0.0151. The molecule has 3 unspecified atom stereocenters. The molecule has 3 atom stereocenters. The topological polar surface area (TPSA) is 51.2 Å². The number of carbonyl (C=O) groups excluding carboxylic acids is 1. The second-order valence-electron chi connectivity index (χ2n) is 5.62. The highest BCUT2D eigenvalue weighted by atomic mass is 32.1. The number of rotatable bonds is 6. The summed E-state index contributed by atoms with van der Waals surface area (Å²) < 4.78 is 6.01. The molecule has 0 aromatic carbocycles. The van der Waals surface area contributed by atoms with Gasteiger partial charge >= 0.3 is 0 Å². The van der Waals surface area contributed by atoms with Crippen LogP contribution < -0.4 is 5.32 Å². The number of amides is 1. The summed E-state index contributed by atoms with van der Waals surface area (Å²) in [4.78, 5) is 16.3. The third kappa shape index (κ3) is 4.56. The first-order valence-corrected chi connectivity index (χ1v) is 8.43. The van der Waals surface area contributed by atoms with E-state index < -0.39 is 0 Å². The van der Waals surface area contributed by atoms with Gasteiger partial charge in [-0.05, 0) is 25.2 Å². The van der Waals surface area contributed by atoms with E-state index >= 15 is 0 Å². The standard InChI is InChI=1S/C15H24N2O2S/c1-3-14(19-13-6-4-5-11(2)7-13)15(18)16-8-12-9-20-10-17-12/h9-11,13-14H,3-8H2,1-2H3,(H,16,18). The molecule has 0 radical (unpaired) electrons. The zero-order valence-electron chi connectivity index (χ0n) is 12.3. The zero-order valence-corrected chi connectivity index (χ0v) is 13.1. The maximum absolute atomic E-state index is 12.2. The molecule has 1 aromatic rings. The van der Waals surface area contributed by atoms with Gasteiger partial charge in [0.05, 0.1) is 23.9 Å². The lowest BCUT2D eigenvalue weighted by Crippen LogP contribution is -2.39. The largest absolute Gasteiger partial charge is 0.365 e. The molecular formula is C15H24N2O2S. The molecule has 1 fully saturated rings. The van der Waals surface area contributed by atoms with Gasteiger partial charge in [-0.25, -0.2) is 4.98 Å². The van der Waals surface area contributed by atoms with E-state index in [1.54, 1.807) is 16.8 Å². The molecule has 20 heavy (non-hydrogen) atoms. The van der Waals surface area contributed by atoms with Gasteiger partial charge in [-0.3, -0.25) is 4.79 Å². The lowest BCUT2D eigenvalue weighted by atomic mass is 9.88. The molecule has 1 aliphatic carbocycles. The average molecular weight is 296 g/mol. The molecular weight excluding hydrogens is 272 g/mol. The minimum atomic E-state index is -0.330. The molecule has 0 saturated heterocycles. The highest BCUT2D eigenvalue weighted by Gasteiger charge is 2.25. The monoisotopic (exact) mass is 296 g/mol. The highest BCUT2D eigenvalue weighted by molar-refractivity contribution is 7.07. The van der Waals surface area contributed by atoms with Gasteiger partial charge in [-0.15, -0.1) is 11.3 Å². The molecule has 0 aliphatic heterocycles. The highest BCUT2D eigenvalue weighted by Crippen LogP contribution is 2.26. The number of nitrogens with one attached hydrogen (secondary N) is 1. The molecule has 1 saturated carbocycles. The van der Waals surface area contributed by atoms with Crippen LogP contribution in [0, 0.1) is 5.92 Å². The van der Waals surface area contributed by atoms with Gasteiger partial charge in [0.2, 0.25) is 5.91 Å². The molecule has 1 aromatic heterocycles. The SMILES string of the molecule is CCC(OC1CCCC(C)C1)C(=O)NCc1cscn1. The van der Waals surface area contributed by atoms with E-state index in [-0.39, 0.29) is 18.1 Å². The first-order valence-electron chi connectivity index (χ1n) is 7.49. The van der Waals surface area contributed by atoms with Gasteiger partial charge in [0.15, 0.2) is 0 Å². The lowest BCUT2D eigenvalue weighted by molar-refractivity contribution is -0.139. The molecule has 1 N–H and O–H groups in total. The Kier molecular flexibility index (Phi) is 5.98. The van der Waals surface area contributed by atoms with Crippen LogP contribution in [-0.2, 0) is 16.1 Å². The van der Waals surface area contributed by atoms with Crippen LogP contribution in [0.5, 0.6) is 0 Å². The maximum Gasteiger partial charge on any atom is 0.249 e. The quantitative estimate of drug-likeness (QED) is 0.877. The normalized spacial score (nSPS) is 24.3. The summed E-state index contributed by atoms with van der Waals surface area (Å²) in [5, 5.41) is 4.87. The number of carbonyl (C=O) groups is 1. The van der Waals surface area contributed by atoms with Crippen LogP contribution in [0.15, 0.2) is 10.9 Å². The number of hydrogen-bond acceptors (Lipinski definition) is 4. The second kappa shape index (κ2) is 7.74. The summed E-state index contributed by atoms with van der Waals surface area (Å²) in [6.07, 6.45) is 5.29. The molecule has 112 valence electrons. The zero-order chi connectivity index (χ0) is 14.4. The molecule has 0 spiro atoms. The Morgan fingerprint density at radius 1 is 1.60 bits per heavy atom. The predicted octanol–water partition coefficient (Wildman–Crippen LogP) is 3.13. The van der Waals surface area contributed by atoms with E-state index in [2.05, 4.69) is 17.2 Å². The Morgan fingerprint density at radius 3 is 3.10 bits per heavy atom. The second-order valence-corrected chi connectivity index (χ2v) is 6.34. The first-order chi connectivity index (χ1) is 9.69. The molecule has 0 bridgehead atoms. The van der Waals surface area contributed by atoms with Crippen molar-refractivity contribution in [1.29, 1.82) is 0 Å². The summed E-state index contributed by atoms with van der Waals surface area (Å²) in [6.45, 7) is 4.75. The number of nitrogens with zero attached hydrogens (tertiary/aromatic N) is 1. The summed E-state index contributed by atoms with van der Waals surface area (Å²) in [6, 6.07) is 0. The van der Waals surface area contributed by atoms with Gasteiger partial charge in [0, 0.05) is 5.38 Å². The summed E-state index contributed by atoms with van der Waals surface area (Å²) in [5.41, 5.74) is 2.68. The fraction of sp³-hybridized carbons (Fsp3) is 0.733. The summed E-state index contributed by atoms with van der Waals surface area (Å²) >= 11 is 1.54. The number of ether oxygens (including phenoxy) is 1. The predicted molar refractivity (Wildman–Crippen MR) is 80.5 cm³/mol. The number of hydrogen-bond donors (Lipinski definition) is 1. The molecule has 1 aliphatic rings. The van der Waals surface area contributed by atoms with Crippen LogP contribution >= 0.6 is 11.3 Å². The van der Waals surface area contributed by atoms with Crippen LogP contribution in [0.3, 0.4) is 0 Å². The average Bonchev–Trinajstić information content (AvgIpc) is 2.95. The maximum atomic E-state index is 12.2. The third-order valence-electron chi connectivity index (χ3n) is 3.84. The van der Waals surface area contributed by atoms with Crippen molar-refractivity contribution in [3.05, 3.63) is 16.6 Å². The fourth-order valence-corrected chi connectivity index (χ4v) is 3.25. The molecule has 1 heterocycles. The van der Waals surface area contributed by atoms with Gasteiger partial charge in [0.1, 0.15) is 6.10 Å². The van der Waals surface area contributed by atoms with E-state index in [9.17, 15) is 4.79 Å². The van der Waals surface area contributed by atoms with Gasteiger partial charge in [-0.2, -0.15) is 0 Å². The van der Waals surface area contributed by atoms with Crippen molar-refractivity contribution in [2.75, 3.05) is 0 Å². The van der Waals surface area contributed by atoms with Gasteiger partial charge < -0.3 is 10.1 Å². The van der Waals surface area contributed by atoms with E-state index in [4.69, 9.17) is 4.74 Å². The van der Waals surface area contributed by atoms with Crippen molar-refractivity contribution in [3.63, 3.8) is 0 Å². The van der Waals surface area contributed by atoms with E-state index in [0.29, 0.717) is 18.9 Å². The van der Waals surface area contributed by atoms with Crippen LogP contribution in [0.4, 0.5) is 0 Å². The van der Waals surface area contributed by atoms with Crippen molar-refractivity contribution >= 4 is 17.2 Å². The Bertz CT molecular complexity index is 408. The van der Waals surface area contributed by atoms with Crippen molar-refractivity contribution in [3.8, 4) is 0 Å². The van der Waals surface area contributed by atoms with Crippen molar-refractivity contribution < 1.29 is 9.53 Å². The van der Waals surface area contributed by atoms with Crippen molar-refractivity contribution in [2.45, 2.75) is 64.7 Å². The molecule has 2 rings (SSSR count). The summed E-state index contributed by atoms with van der Waals surface area (Å²) in [7, 11) is 0. The smallest absolute Gasteiger partial charge is 0.249 e. The molecule has 5 heteroatoms. The van der Waals surface area contributed by atoms with Crippen LogP contribution in [0.1, 0.15) is 51.6 Å². The van der Waals surface area contributed by atoms with Gasteiger partial charge in [-0.1, -0.05) is 26.7 Å². The Morgan fingerprint density at radius 2 is 2.45 bits per heavy atom. The lowest BCUT2D eigenvalue weighted by Gasteiger charge is -2.29. The Hall–Kier alpha value is -0.940. The van der Waals surface area contributed by atoms with E-state index in [0.717, 1.165) is 18.5 Å². The van der Waals surface area contributed by atoms with E-state index in [1.165, 1.54) is 12.8 Å². The summed E-state index contributed by atoms with van der Waals surface area (Å²) in [5.74, 6) is 0.697. The van der Waals surface area contributed by atoms with Gasteiger partial charge in [0.25, 0.3) is 0 Å². The minimum Gasteiger partial charge on any atom is -0.365 e. The molecule has 1 amide bonds. The molecule has 4 nitrogen and oxygen atoms in total. The van der Waals surface area contributed by atoms with E-state index in [1.807, 2.05) is 12.3 Å².